The first-order valence-corrected chi connectivity index (χ1v) is 13.5. The Morgan fingerprint density at radius 3 is 2.89 bits per heavy atom. The predicted octanol–water partition coefficient (Wildman–Crippen LogP) is 3.53. The normalized spacial score (nSPS) is 14.7. The highest BCUT2D eigenvalue weighted by Gasteiger charge is 2.35. The summed E-state index contributed by atoms with van der Waals surface area (Å²) in [5.74, 6) is -0.358. The monoisotopic (exact) mass is 532 g/mol. The number of aromatic nitrogens is 4. The lowest BCUT2D eigenvalue weighted by molar-refractivity contribution is 0.0815. The van der Waals surface area contributed by atoms with E-state index in [0.717, 1.165) is 16.0 Å². The van der Waals surface area contributed by atoms with Crippen LogP contribution in [0.1, 0.15) is 34.4 Å². The fourth-order valence-corrected chi connectivity index (χ4v) is 5.92. The Bertz CT molecular complexity index is 1500. The van der Waals surface area contributed by atoms with Crippen LogP contribution in [0.2, 0.25) is 5.02 Å². The highest BCUT2D eigenvalue weighted by molar-refractivity contribution is 7.93. The van der Waals surface area contributed by atoms with E-state index >= 15 is 0 Å². The molecule has 1 fully saturated rings. The summed E-state index contributed by atoms with van der Waals surface area (Å²) in [6.45, 7) is 0.127. The van der Waals surface area contributed by atoms with Crippen LogP contribution in [0.3, 0.4) is 0 Å². The highest BCUT2D eigenvalue weighted by atomic mass is 35.5. The summed E-state index contributed by atoms with van der Waals surface area (Å²) in [7, 11) is -1.89. The van der Waals surface area contributed by atoms with Crippen molar-refractivity contribution in [1.82, 2.24) is 24.9 Å². The molecule has 0 unspecified atom stereocenters. The van der Waals surface area contributed by atoms with E-state index in [0.29, 0.717) is 29.2 Å². The number of fused-ring (bicyclic) bond motifs is 1. The molecule has 0 aliphatic heterocycles. The predicted molar refractivity (Wildman–Crippen MR) is 133 cm³/mol. The number of carbonyl (C=O) groups is 1. The fourth-order valence-electron chi connectivity index (χ4n) is 3.53. The number of ether oxygens (including phenoxy) is 1. The number of rotatable bonds is 9. The molecule has 10 nitrogen and oxygen atoms in total. The van der Waals surface area contributed by atoms with E-state index in [2.05, 4.69) is 25.1 Å². The van der Waals surface area contributed by atoms with Gasteiger partial charge in [0.25, 0.3) is 5.91 Å². The first kappa shape index (κ1) is 23.7. The number of sulfonamides is 1. The van der Waals surface area contributed by atoms with Gasteiger partial charge in [-0.2, -0.15) is 5.10 Å². The van der Waals surface area contributed by atoms with Crippen molar-refractivity contribution in [3.05, 3.63) is 64.8 Å². The molecule has 5 rings (SSSR count). The van der Waals surface area contributed by atoms with Crippen molar-refractivity contribution in [2.24, 2.45) is 0 Å². The van der Waals surface area contributed by atoms with Gasteiger partial charge in [0.15, 0.2) is 5.01 Å². The van der Waals surface area contributed by atoms with E-state index in [1.165, 1.54) is 24.6 Å². The van der Waals surface area contributed by atoms with Crippen LogP contribution < -0.4 is 10.0 Å². The highest BCUT2D eigenvalue weighted by Crippen LogP contribution is 2.31. The second-order valence-corrected chi connectivity index (χ2v) is 11.4. The van der Waals surface area contributed by atoms with Gasteiger partial charge in [-0.3, -0.25) is 14.5 Å². The van der Waals surface area contributed by atoms with Crippen molar-refractivity contribution < 1.29 is 17.9 Å². The van der Waals surface area contributed by atoms with Gasteiger partial charge in [-0.25, -0.2) is 17.9 Å². The Labute approximate surface area is 210 Å². The molecule has 4 aromatic heterocycles. The number of carbonyl (C=O) groups excluding carboxylic acids is 1. The van der Waals surface area contributed by atoms with E-state index in [1.54, 1.807) is 47.4 Å². The molecule has 4 aromatic rings. The van der Waals surface area contributed by atoms with E-state index in [-0.39, 0.29) is 22.7 Å². The van der Waals surface area contributed by atoms with Gasteiger partial charge < -0.3 is 10.1 Å². The topological polar surface area (TPSA) is 128 Å². The van der Waals surface area contributed by atoms with Gasteiger partial charge in [0, 0.05) is 42.8 Å². The zero-order valence-electron chi connectivity index (χ0n) is 18.5. The Kier molecular flexibility index (Phi) is 6.45. The second-order valence-electron chi connectivity index (χ2n) is 8.01. The molecule has 1 aliphatic rings. The number of anilines is 1. The third-order valence-electron chi connectivity index (χ3n) is 5.52. The van der Waals surface area contributed by atoms with Gasteiger partial charge in [0.1, 0.15) is 6.10 Å². The van der Waals surface area contributed by atoms with Crippen LogP contribution in [0.15, 0.2) is 49.1 Å². The molecule has 35 heavy (non-hydrogen) atoms. The maximum Gasteiger partial charge on any atom is 0.280 e. The molecule has 1 atom stereocenters. The number of nitrogens with zero attached hydrogens (tertiary/aromatic N) is 4. The lowest BCUT2D eigenvalue weighted by Crippen LogP contribution is -2.29. The van der Waals surface area contributed by atoms with E-state index in [1.807, 2.05) is 0 Å². The van der Waals surface area contributed by atoms with Gasteiger partial charge in [0.05, 0.1) is 33.2 Å². The molecule has 0 saturated heterocycles. The number of nitrogens with one attached hydrogen (secondary N) is 2. The fraction of sp³-hybridized carbons (Fsp3) is 0.273. The van der Waals surface area contributed by atoms with Gasteiger partial charge in [-0.1, -0.05) is 11.6 Å². The average molecular weight is 533 g/mol. The molecule has 0 radical (unpaired) electrons. The van der Waals surface area contributed by atoms with Crippen LogP contribution in [0.5, 0.6) is 0 Å². The summed E-state index contributed by atoms with van der Waals surface area (Å²) in [4.78, 5) is 22.1. The summed E-state index contributed by atoms with van der Waals surface area (Å²) in [5, 5.41) is 7.66. The lowest BCUT2D eigenvalue weighted by atomic mass is 10.2. The number of hydrogen-bond donors (Lipinski definition) is 2. The average Bonchev–Trinajstić information content (AvgIpc) is 3.46. The number of halogens is 1. The minimum absolute atomic E-state index is 0.127. The van der Waals surface area contributed by atoms with Crippen molar-refractivity contribution in [1.29, 1.82) is 0 Å². The van der Waals surface area contributed by atoms with Crippen LogP contribution in [0.4, 0.5) is 5.69 Å². The van der Waals surface area contributed by atoms with Gasteiger partial charge >= 0.3 is 0 Å². The van der Waals surface area contributed by atoms with E-state index in [4.69, 9.17) is 16.3 Å². The molecule has 1 amide bonds. The smallest absolute Gasteiger partial charge is 0.280 e. The van der Waals surface area contributed by atoms with Gasteiger partial charge in [-0.05, 0) is 37.1 Å². The molecule has 2 N–H and O–H groups in total. The third-order valence-corrected chi connectivity index (χ3v) is 8.65. The number of amides is 1. The second kappa shape index (κ2) is 9.53. The minimum Gasteiger partial charge on any atom is -0.373 e. The Morgan fingerprint density at radius 1 is 1.29 bits per heavy atom. The molecule has 0 aromatic carbocycles. The number of pyridine rings is 2. The van der Waals surface area contributed by atoms with Crippen molar-refractivity contribution in [2.75, 3.05) is 18.4 Å². The third kappa shape index (κ3) is 5.15. The van der Waals surface area contributed by atoms with Crippen molar-refractivity contribution in [3.63, 3.8) is 0 Å². The SMILES string of the molecule is CO[C@@H](CNC(=O)c1ncc(-c2cnn3ccc(Cl)cc23)s1)c1cc(NS(=O)(=O)C2CC2)ccn1. The summed E-state index contributed by atoms with van der Waals surface area (Å²) >= 11 is 7.35. The largest absolute Gasteiger partial charge is 0.373 e. The van der Waals surface area contributed by atoms with Crippen LogP contribution in [0, 0.1) is 0 Å². The van der Waals surface area contributed by atoms with Crippen LogP contribution in [-0.4, -0.2) is 52.8 Å². The standard InChI is InChI=1S/C22H21ClN6O4S2/c1-33-19(17-9-14(4-6-24-17)28-35(31,32)15-2-3-15)11-25-21(30)22-26-12-20(34-22)16-10-27-29-7-5-13(23)8-18(16)29/h4-10,12,15,19H,2-3,11H2,1H3,(H,24,28)(H,25,30)/t19-/m0/s1. The first-order valence-electron chi connectivity index (χ1n) is 10.7. The van der Waals surface area contributed by atoms with Crippen LogP contribution in [0.25, 0.3) is 16.0 Å². The summed E-state index contributed by atoms with van der Waals surface area (Å²) in [5.41, 5.74) is 2.55. The van der Waals surface area contributed by atoms with Gasteiger partial charge in [-0.15, -0.1) is 11.3 Å². The van der Waals surface area contributed by atoms with Gasteiger partial charge in [0.2, 0.25) is 10.0 Å². The number of thiazole rings is 1. The van der Waals surface area contributed by atoms with E-state index < -0.39 is 16.1 Å². The van der Waals surface area contributed by atoms with Crippen molar-refractivity contribution >= 4 is 50.1 Å². The van der Waals surface area contributed by atoms with Crippen LogP contribution in [-0.2, 0) is 14.8 Å². The molecule has 1 aliphatic carbocycles. The molecule has 0 bridgehead atoms. The maximum atomic E-state index is 12.8. The van der Waals surface area contributed by atoms with E-state index in [9.17, 15) is 13.2 Å². The molecule has 4 heterocycles. The zero-order chi connectivity index (χ0) is 24.6. The summed E-state index contributed by atoms with van der Waals surface area (Å²) in [6, 6.07) is 6.74. The lowest BCUT2D eigenvalue weighted by Gasteiger charge is -2.16. The Morgan fingerprint density at radius 2 is 2.11 bits per heavy atom. The molecule has 13 heteroatoms. The molecule has 1 saturated carbocycles. The Balaban J connectivity index is 1.26. The van der Waals surface area contributed by atoms with Crippen molar-refractivity contribution in [2.45, 2.75) is 24.2 Å². The number of hydrogen-bond acceptors (Lipinski definition) is 8. The molecule has 182 valence electrons. The Hall–Kier alpha value is -3.06. The van der Waals surface area contributed by atoms with Crippen LogP contribution >= 0.6 is 22.9 Å². The molecule has 0 spiro atoms. The molecular weight excluding hydrogens is 512 g/mol. The zero-order valence-corrected chi connectivity index (χ0v) is 20.9. The molecular formula is C22H21ClN6O4S2. The summed E-state index contributed by atoms with van der Waals surface area (Å²) < 4.78 is 34.2. The quantitative estimate of drug-likeness (QED) is 0.337. The summed E-state index contributed by atoms with van der Waals surface area (Å²) in [6.07, 6.45) is 7.36. The minimum atomic E-state index is -3.39. The van der Waals surface area contributed by atoms with Crippen molar-refractivity contribution in [3.8, 4) is 10.4 Å². The first-order chi connectivity index (χ1) is 16.8. The number of methoxy groups -OCH3 is 1. The maximum absolute atomic E-state index is 12.8.